The van der Waals surface area contributed by atoms with Gasteiger partial charge < -0.3 is 10.1 Å². The molecule has 0 unspecified atom stereocenters. The van der Waals surface area contributed by atoms with Gasteiger partial charge in [-0.3, -0.25) is 10.1 Å². The average molecular weight is 239 g/mol. The summed E-state index contributed by atoms with van der Waals surface area (Å²) in [7, 11) is 1.70. The number of ether oxygens (including phenoxy) is 1. The number of rotatable bonds is 5. The molecular formula is C11H17N3O3. The highest BCUT2D eigenvalue weighted by Crippen LogP contribution is 2.30. The van der Waals surface area contributed by atoms with E-state index < -0.39 is 10.5 Å². The van der Waals surface area contributed by atoms with Gasteiger partial charge >= 0.3 is 5.69 Å². The molecule has 0 aliphatic heterocycles. The Morgan fingerprint density at radius 3 is 2.65 bits per heavy atom. The van der Waals surface area contributed by atoms with Crippen LogP contribution in [0.3, 0.4) is 0 Å². The Morgan fingerprint density at radius 2 is 2.18 bits per heavy atom. The SMILES string of the molecule is CCC(C)(C)Oc1nc(NC)ccc1[N+](=O)[O-]. The number of hydrogen-bond acceptors (Lipinski definition) is 5. The van der Waals surface area contributed by atoms with Gasteiger partial charge in [-0.1, -0.05) is 6.92 Å². The van der Waals surface area contributed by atoms with Crippen LogP contribution in [0.1, 0.15) is 27.2 Å². The van der Waals surface area contributed by atoms with E-state index in [0.29, 0.717) is 5.82 Å². The zero-order valence-corrected chi connectivity index (χ0v) is 10.5. The quantitative estimate of drug-likeness (QED) is 0.631. The molecule has 0 saturated heterocycles. The molecule has 0 aliphatic rings. The molecule has 1 aromatic rings. The molecule has 1 heterocycles. The lowest BCUT2D eigenvalue weighted by atomic mass is 10.1. The van der Waals surface area contributed by atoms with Crippen molar-refractivity contribution < 1.29 is 9.66 Å². The van der Waals surface area contributed by atoms with E-state index in [1.807, 2.05) is 20.8 Å². The van der Waals surface area contributed by atoms with Crippen molar-refractivity contribution in [1.82, 2.24) is 4.98 Å². The molecule has 0 atom stereocenters. The first kappa shape index (κ1) is 13.2. The fraction of sp³-hybridized carbons (Fsp3) is 0.545. The number of nitrogens with zero attached hydrogens (tertiary/aromatic N) is 2. The highest BCUT2D eigenvalue weighted by molar-refractivity contribution is 5.48. The third-order valence-corrected chi connectivity index (χ3v) is 2.52. The van der Waals surface area contributed by atoms with Gasteiger partial charge in [-0.05, 0) is 26.3 Å². The molecule has 17 heavy (non-hydrogen) atoms. The number of pyridine rings is 1. The van der Waals surface area contributed by atoms with E-state index in [1.165, 1.54) is 6.07 Å². The summed E-state index contributed by atoms with van der Waals surface area (Å²) in [4.78, 5) is 14.4. The number of nitro groups is 1. The molecule has 1 aromatic heterocycles. The fourth-order valence-corrected chi connectivity index (χ4v) is 1.12. The summed E-state index contributed by atoms with van der Waals surface area (Å²) in [6.07, 6.45) is 0.732. The Balaban J connectivity index is 3.13. The lowest BCUT2D eigenvalue weighted by Crippen LogP contribution is -2.27. The van der Waals surface area contributed by atoms with Crippen molar-refractivity contribution in [2.75, 3.05) is 12.4 Å². The summed E-state index contributed by atoms with van der Waals surface area (Å²) in [6, 6.07) is 2.93. The number of aromatic nitrogens is 1. The van der Waals surface area contributed by atoms with Crippen molar-refractivity contribution in [3.05, 3.63) is 22.2 Å². The Morgan fingerprint density at radius 1 is 1.53 bits per heavy atom. The maximum Gasteiger partial charge on any atom is 0.331 e. The Labute approximate surface area is 100 Å². The van der Waals surface area contributed by atoms with Gasteiger partial charge in [-0.2, -0.15) is 4.98 Å². The van der Waals surface area contributed by atoms with Crippen LogP contribution < -0.4 is 10.1 Å². The van der Waals surface area contributed by atoms with E-state index in [-0.39, 0.29) is 11.6 Å². The first-order chi connectivity index (χ1) is 7.89. The topological polar surface area (TPSA) is 77.3 Å². The standard InChI is InChI=1S/C11H17N3O3/c1-5-11(2,3)17-10-8(14(15)16)6-7-9(12-4)13-10/h6-7H,5H2,1-4H3,(H,12,13). The second-order valence-corrected chi connectivity index (χ2v) is 4.24. The van der Waals surface area contributed by atoms with Crippen molar-refractivity contribution >= 4 is 11.5 Å². The zero-order valence-electron chi connectivity index (χ0n) is 10.5. The highest BCUT2D eigenvalue weighted by Gasteiger charge is 2.25. The Bertz CT molecular complexity index is 418. The fourth-order valence-electron chi connectivity index (χ4n) is 1.12. The first-order valence-corrected chi connectivity index (χ1v) is 5.42. The lowest BCUT2D eigenvalue weighted by Gasteiger charge is -2.23. The van der Waals surface area contributed by atoms with Gasteiger partial charge in [0, 0.05) is 13.1 Å². The number of hydrogen-bond donors (Lipinski definition) is 1. The summed E-state index contributed by atoms with van der Waals surface area (Å²) < 4.78 is 5.59. The molecule has 0 amide bonds. The van der Waals surface area contributed by atoms with Crippen LogP contribution in [-0.2, 0) is 0 Å². The second-order valence-electron chi connectivity index (χ2n) is 4.24. The third kappa shape index (κ3) is 3.30. The highest BCUT2D eigenvalue weighted by atomic mass is 16.6. The van der Waals surface area contributed by atoms with E-state index >= 15 is 0 Å². The van der Waals surface area contributed by atoms with Crippen LogP contribution >= 0.6 is 0 Å². The molecule has 0 saturated carbocycles. The number of anilines is 1. The number of nitrogens with one attached hydrogen (secondary N) is 1. The van der Waals surface area contributed by atoms with Crippen molar-refractivity contribution in [2.24, 2.45) is 0 Å². The lowest BCUT2D eigenvalue weighted by molar-refractivity contribution is -0.386. The molecule has 0 bridgehead atoms. The summed E-state index contributed by atoms with van der Waals surface area (Å²) >= 11 is 0. The van der Waals surface area contributed by atoms with Gasteiger partial charge in [0.15, 0.2) is 0 Å². The van der Waals surface area contributed by atoms with Crippen LogP contribution in [0.5, 0.6) is 5.88 Å². The molecule has 0 aromatic carbocycles. The van der Waals surface area contributed by atoms with E-state index in [4.69, 9.17) is 4.74 Å². The molecule has 0 fully saturated rings. The van der Waals surface area contributed by atoms with Crippen molar-refractivity contribution in [1.29, 1.82) is 0 Å². The predicted molar refractivity (Wildman–Crippen MR) is 65.4 cm³/mol. The van der Waals surface area contributed by atoms with E-state index in [1.54, 1.807) is 13.1 Å². The van der Waals surface area contributed by atoms with Crippen molar-refractivity contribution in [2.45, 2.75) is 32.8 Å². The zero-order chi connectivity index (χ0) is 13.1. The smallest absolute Gasteiger partial charge is 0.331 e. The normalized spacial score (nSPS) is 11.1. The van der Waals surface area contributed by atoms with Crippen LogP contribution in [0.4, 0.5) is 11.5 Å². The summed E-state index contributed by atoms with van der Waals surface area (Å²) in [5.74, 6) is 0.589. The maximum atomic E-state index is 10.9. The monoisotopic (exact) mass is 239 g/mol. The van der Waals surface area contributed by atoms with Crippen LogP contribution in [0.25, 0.3) is 0 Å². The van der Waals surface area contributed by atoms with Gasteiger partial charge in [0.2, 0.25) is 0 Å². The van der Waals surface area contributed by atoms with E-state index in [9.17, 15) is 10.1 Å². The van der Waals surface area contributed by atoms with Crippen LogP contribution in [0, 0.1) is 10.1 Å². The Kier molecular flexibility index (Phi) is 3.88. The van der Waals surface area contributed by atoms with E-state index in [2.05, 4.69) is 10.3 Å². The minimum atomic E-state index is -0.493. The van der Waals surface area contributed by atoms with Crippen LogP contribution in [0.15, 0.2) is 12.1 Å². The van der Waals surface area contributed by atoms with Gasteiger partial charge in [0.25, 0.3) is 5.88 Å². The Hall–Kier alpha value is -1.85. The van der Waals surface area contributed by atoms with Crippen molar-refractivity contribution in [3.8, 4) is 5.88 Å². The second kappa shape index (κ2) is 4.99. The van der Waals surface area contributed by atoms with Crippen LogP contribution in [0.2, 0.25) is 0 Å². The molecule has 0 aliphatic carbocycles. The molecular weight excluding hydrogens is 222 g/mol. The van der Waals surface area contributed by atoms with Crippen molar-refractivity contribution in [3.63, 3.8) is 0 Å². The summed E-state index contributed by atoms with van der Waals surface area (Å²) in [5.41, 5.74) is -0.602. The van der Waals surface area contributed by atoms with Crippen LogP contribution in [-0.4, -0.2) is 22.6 Å². The minimum absolute atomic E-state index is 0.0497. The third-order valence-electron chi connectivity index (χ3n) is 2.52. The first-order valence-electron chi connectivity index (χ1n) is 5.42. The molecule has 1 N–H and O–H groups in total. The molecule has 94 valence electrons. The van der Waals surface area contributed by atoms with Gasteiger partial charge in [0.05, 0.1) is 4.92 Å². The molecule has 6 nitrogen and oxygen atoms in total. The van der Waals surface area contributed by atoms with Gasteiger partial charge in [-0.15, -0.1) is 0 Å². The largest absolute Gasteiger partial charge is 0.467 e. The minimum Gasteiger partial charge on any atom is -0.467 e. The maximum absolute atomic E-state index is 10.9. The molecule has 0 spiro atoms. The van der Waals surface area contributed by atoms with E-state index in [0.717, 1.165) is 6.42 Å². The van der Waals surface area contributed by atoms with Gasteiger partial charge in [-0.25, -0.2) is 0 Å². The average Bonchev–Trinajstić information content (AvgIpc) is 2.28. The summed E-state index contributed by atoms with van der Waals surface area (Å²) in [5, 5.41) is 13.7. The molecule has 6 heteroatoms. The summed E-state index contributed by atoms with van der Waals surface area (Å²) in [6.45, 7) is 5.68. The molecule has 0 radical (unpaired) electrons. The predicted octanol–water partition coefficient (Wildman–Crippen LogP) is 2.60. The molecule has 1 rings (SSSR count). The van der Waals surface area contributed by atoms with Gasteiger partial charge in [0.1, 0.15) is 11.4 Å².